The normalized spacial score (nSPS) is 18.0. The van der Waals surface area contributed by atoms with E-state index in [4.69, 9.17) is 4.84 Å². The summed E-state index contributed by atoms with van der Waals surface area (Å²) in [6, 6.07) is 0. The molecule has 1 N–H and O–H groups in total. The number of nitrogens with zero attached hydrogens (tertiary/aromatic N) is 4. The van der Waals surface area contributed by atoms with E-state index < -0.39 is 0 Å². The maximum atomic E-state index is 12.5. The Kier molecular flexibility index (Phi) is 6.58. The van der Waals surface area contributed by atoms with Gasteiger partial charge in [-0.25, -0.2) is 9.97 Å². The highest BCUT2D eigenvalue weighted by atomic mass is 16.7. The number of carbonyl (C=O) groups is 1. The molecule has 0 unspecified atom stereocenters. The van der Waals surface area contributed by atoms with E-state index in [1.807, 2.05) is 9.96 Å². The fraction of sp³-hybridized carbons (Fsp3) is 0.722. The van der Waals surface area contributed by atoms with Gasteiger partial charge in [0, 0.05) is 51.1 Å². The molecule has 3 rings (SSSR count). The predicted octanol–water partition coefficient (Wildman–Crippen LogP) is 1.64. The third-order valence-electron chi connectivity index (χ3n) is 4.86. The lowest BCUT2D eigenvalue weighted by atomic mass is 10.1. The van der Waals surface area contributed by atoms with E-state index in [0.29, 0.717) is 13.0 Å². The van der Waals surface area contributed by atoms with Gasteiger partial charge >= 0.3 is 0 Å². The summed E-state index contributed by atoms with van der Waals surface area (Å²) < 4.78 is 0. The van der Waals surface area contributed by atoms with E-state index in [-0.39, 0.29) is 5.91 Å². The minimum absolute atomic E-state index is 0.205. The van der Waals surface area contributed by atoms with Crippen molar-refractivity contribution in [2.75, 3.05) is 44.6 Å². The van der Waals surface area contributed by atoms with Crippen LogP contribution in [0.1, 0.15) is 43.9 Å². The number of fused-ring (bicyclic) bond motifs is 1. The first kappa shape index (κ1) is 18.1. The summed E-state index contributed by atoms with van der Waals surface area (Å²) >= 11 is 0. The van der Waals surface area contributed by atoms with E-state index in [1.54, 1.807) is 6.33 Å². The van der Waals surface area contributed by atoms with Gasteiger partial charge in [-0.3, -0.25) is 9.63 Å². The second-order valence-electron chi connectivity index (χ2n) is 6.67. The molecule has 138 valence electrons. The number of anilines is 1. The minimum Gasteiger partial charge on any atom is -0.370 e. The Bertz CT molecular complexity index is 575. The van der Waals surface area contributed by atoms with Gasteiger partial charge in [0.1, 0.15) is 12.1 Å². The maximum absolute atomic E-state index is 12.5. The van der Waals surface area contributed by atoms with Crippen molar-refractivity contribution in [3.63, 3.8) is 0 Å². The van der Waals surface area contributed by atoms with Crippen LogP contribution in [0.25, 0.3) is 0 Å². The Morgan fingerprint density at radius 3 is 2.96 bits per heavy atom. The van der Waals surface area contributed by atoms with Gasteiger partial charge < -0.3 is 10.2 Å². The van der Waals surface area contributed by atoms with Crippen LogP contribution < -0.4 is 5.32 Å². The van der Waals surface area contributed by atoms with Gasteiger partial charge in [-0.1, -0.05) is 13.3 Å². The highest BCUT2D eigenvalue weighted by Gasteiger charge is 2.22. The van der Waals surface area contributed by atoms with Crippen LogP contribution in [0.4, 0.5) is 5.82 Å². The number of nitrogens with one attached hydrogen (secondary N) is 1. The molecule has 7 heteroatoms. The Balaban J connectivity index is 1.55. The first-order valence-electron chi connectivity index (χ1n) is 9.50. The SMILES string of the molecule is CCCCNc1ncnc2c1CCN(C(=O)CCN1CCCO1)CC2. The molecule has 1 aromatic heterocycles. The summed E-state index contributed by atoms with van der Waals surface area (Å²) in [6.07, 6.45) is 7.10. The van der Waals surface area contributed by atoms with E-state index in [1.165, 1.54) is 5.56 Å². The molecule has 0 bridgehead atoms. The van der Waals surface area contributed by atoms with Crippen molar-refractivity contribution in [1.82, 2.24) is 19.9 Å². The molecule has 0 aliphatic carbocycles. The number of hydrogen-bond donors (Lipinski definition) is 1. The Morgan fingerprint density at radius 1 is 1.28 bits per heavy atom. The lowest BCUT2D eigenvalue weighted by Crippen LogP contribution is -2.35. The second-order valence-corrected chi connectivity index (χ2v) is 6.67. The molecule has 0 radical (unpaired) electrons. The molecule has 0 spiro atoms. The van der Waals surface area contributed by atoms with Crippen LogP contribution in [0.5, 0.6) is 0 Å². The van der Waals surface area contributed by atoms with Gasteiger partial charge in [0.25, 0.3) is 0 Å². The zero-order valence-corrected chi connectivity index (χ0v) is 15.2. The largest absolute Gasteiger partial charge is 0.370 e. The predicted molar refractivity (Wildman–Crippen MR) is 96.2 cm³/mol. The number of rotatable bonds is 7. The molecule has 1 aromatic rings. The highest BCUT2D eigenvalue weighted by molar-refractivity contribution is 5.76. The third-order valence-corrected chi connectivity index (χ3v) is 4.86. The molecule has 3 heterocycles. The van der Waals surface area contributed by atoms with E-state index in [9.17, 15) is 4.79 Å². The van der Waals surface area contributed by atoms with Crippen molar-refractivity contribution in [1.29, 1.82) is 0 Å². The Hall–Kier alpha value is -1.73. The van der Waals surface area contributed by atoms with Crippen LogP contribution in [0, 0.1) is 0 Å². The molecule has 1 amide bonds. The molecule has 1 saturated heterocycles. The molecule has 2 aliphatic heterocycles. The van der Waals surface area contributed by atoms with Crippen molar-refractivity contribution in [2.24, 2.45) is 0 Å². The molecule has 1 fully saturated rings. The first-order chi connectivity index (χ1) is 12.3. The van der Waals surface area contributed by atoms with Crippen LogP contribution in [0.3, 0.4) is 0 Å². The third kappa shape index (κ3) is 4.89. The number of carbonyl (C=O) groups excluding carboxylic acids is 1. The lowest BCUT2D eigenvalue weighted by molar-refractivity contribution is -0.138. The van der Waals surface area contributed by atoms with Gasteiger partial charge in [0.15, 0.2) is 0 Å². The number of hydroxylamine groups is 2. The molecule has 2 aliphatic rings. The summed E-state index contributed by atoms with van der Waals surface area (Å²) in [7, 11) is 0. The van der Waals surface area contributed by atoms with E-state index in [0.717, 1.165) is 76.4 Å². The van der Waals surface area contributed by atoms with Crippen molar-refractivity contribution < 1.29 is 9.63 Å². The van der Waals surface area contributed by atoms with Crippen molar-refractivity contribution in [2.45, 2.75) is 45.4 Å². The molecule has 0 atom stereocenters. The van der Waals surface area contributed by atoms with E-state index in [2.05, 4.69) is 22.2 Å². The fourth-order valence-electron chi connectivity index (χ4n) is 3.37. The standard InChI is InChI=1S/C18H29N5O2/c1-2-3-8-19-18-15-5-10-22(11-6-16(15)20-14-21-18)17(24)7-12-23-9-4-13-25-23/h14H,2-13H2,1H3,(H,19,20,21). The number of aromatic nitrogens is 2. The molecule has 0 aromatic carbocycles. The minimum atomic E-state index is 0.205. The number of unbranched alkanes of at least 4 members (excludes halogenated alkanes) is 1. The summed E-state index contributed by atoms with van der Waals surface area (Å²) in [5, 5.41) is 5.34. The van der Waals surface area contributed by atoms with Gasteiger partial charge in [-0.15, -0.1) is 0 Å². The van der Waals surface area contributed by atoms with Gasteiger partial charge in [-0.05, 0) is 19.3 Å². The molecule has 0 saturated carbocycles. The smallest absolute Gasteiger partial charge is 0.223 e. The maximum Gasteiger partial charge on any atom is 0.223 e. The fourth-order valence-corrected chi connectivity index (χ4v) is 3.37. The zero-order chi connectivity index (χ0) is 17.5. The highest BCUT2D eigenvalue weighted by Crippen LogP contribution is 2.21. The van der Waals surface area contributed by atoms with Crippen LogP contribution in [-0.2, 0) is 22.5 Å². The van der Waals surface area contributed by atoms with Crippen molar-refractivity contribution in [3.8, 4) is 0 Å². The van der Waals surface area contributed by atoms with E-state index >= 15 is 0 Å². The topological polar surface area (TPSA) is 70.6 Å². The monoisotopic (exact) mass is 347 g/mol. The van der Waals surface area contributed by atoms with Crippen LogP contribution in [-0.4, -0.2) is 65.2 Å². The average molecular weight is 347 g/mol. The van der Waals surface area contributed by atoms with Gasteiger partial charge in [0.05, 0.1) is 12.3 Å². The number of amides is 1. The summed E-state index contributed by atoms with van der Waals surface area (Å²) in [6.45, 7) is 6.98. The molecule has 25 heavy (non-hydrogen) atoms. The Morgan fingerprint density at radius 2 is 2.16 bits per heavy atom. The number of hydrogen-bond acceptors (Lipinski definition) is 6. The van der Waals surface area contributed by atoms with Crippen LogP contribution in [0.2, 0.25) is 0 Å². The van der Waals surface area contributed by atoms with Gasteiger partial charge in [0.2, 0.25) is 5.91 Å². The second kappa shape index (κ2) is 9.10. The van der Waals surface area contributed by atoms with Crippen LogP contribution in [0.15, 0.2) is 6.33 Å². The average Bonchev–Trinajstić information content (AvgIpc) is 3.05. The molecular weight excluding hydrogens is 318 g/mol. The lowest BCUT2D eigenvalue weighted by Gasteiger charge is -2.21. The molecule has 7 nitrogen and oxygen atoms in total. The Labute approximate surface area is 149 Å². The summed E-state index contributed by atoms with van der Waals surface area (Å²) in [5.41, 5.74) is 2.25. The van der Waals surface area contributed by atoms with Crippen LogP contribution >= 0.6 is 0 Å². The van der Waals surface area contributed by atoms with Crippen molar-refractivity contribution >= 4 is 11.7 Å². The van der Waals surface area contributed by atoms with Gasteiger partial charge in [-0.2, -0.15) is 5.06 Å². The summed E-state index contributed by atoms with van der Waals surface area (Å²) in [5.74, 6) is 1.15. The first-order valence-corrected chi connectivity index (χ1v) is 9.50. The zero-order valence-electron chi connectivity index (χ0n) is 15.2. The molecular formula is C18H29N5O2. The quantitative estimate of drug-likeness (QED) is 0.756. The summed E-state index contributed by atoms with van der Waals surface area (Å²) in [4.78, 5) is 28.8. The van der Waals surface area contributed by atoms with Crippen molar-refractivity contribution in [3.05, 3.63) is 17.6 Å².